The number of pyridine rings is 2. The lowest BCUT2D eigenvalue weighted by atomic mass is 9.96. The maximum Gasteiger partial charge on any atom is 0.255 e. The summed E-state index contributed by atoms with van der Waals surface area (Å²) in [5.41, 5.74) is 3.35. The number of anilines is 2. The zero-order valence-corrected chi connectivity index (χ0v) is 18.1. The molecule has 2 N–H and O–H groups in total. The Hall–Kier alpha value is -4.53. The molecule has 1 amide bonds. The van der Waals surface area contributed by atoms with Crippen molar-refractivity contribution in [2.24, 2.45) is 0 Å². The van der Waals surface area contributed by atoms with Crippen LogP contribution in [0.3, 0.4) is 0 Å². The summed E-state index contributed by atoms with van der Waals surface area (Å²) in [4.78, 5) is 26.6. The maximum atomic E-state index is 13.6. The van der Waals surface area contributed by atoms with Gasteiger partial charge in [0.15, 0.2) is 5.82 Å². The van der Waals surface area contributed by atoms with Crippen molar-refractivity contribution in [1.82, 2.24) is 24.7 Å². The van der Waals surface area contributed by atoms with Crippen LogP contribution in [0.4, 0.5) is 11.6 Å². The first-order valence-electron chi connectivity index (χ1n) is 10.3. The Morgan fingerprint density at radius 3 is 2.58 bits per heavy atom. The molecule has 0 bridgehead atoms. The molecule has 0 unspecified atom stereocenters. The molecule has 0 spiro atoms. The minimum atomic E-state index is -0.525. The molecule has 0 fully saturated rings. The number of para-hydroxylation sites is 2. The monoisotopic (exact) mass is 439 g/mol. The lowest BCUT2D eigenvalue weighted by Crippen LogP contribution is -2.31. The van der Waals surface area contributed by atoms with E-state index in [2.05, 4.69) is 25.6 Å². The molecule has 4 aromatic rings. The van der Waals surface area contributed by atoms with Gasteiger partial charge in [0.25, 0.3) is 5.91 Å². The van der Waals surface area contributed by atoms with Crippen molar-refractivity contribution in [1.29, 1.82) is 0 Å². The van der Waals surface area contributed by atoms with Crippen LogP contribution in [0.5, 0.6) is 5.75 Å². The van der Waals surface area contributed by atoms with Crippen molar-refractivity contribution < 1.29 is 9.53 Å². The van der Waals surface area contributed by atoms with Gasteiger partial charge in [-0.3, -0.25) is 14.8 Å². The van der Waals surface area contributed by atoms with Crippen LogP contribution in [-0.2, 0) is 4.79 Å². The van der Waals surface area contributed by atoms with Crippen LogP contribution in [0, 0.1) is 0 Å². The van der Waals surface area contributed by atoms with Crippen molar-refractivity contribution in [3.63, 3.8) is 0 Å². The largest absolute Gasteiger partial charge is 0.495 e. The molecular formula is C24H21N7O2. The molecule has 0 saturated carbocycles. The SMILES string of the molecule is COc1ccccc1NC(=O)C1=C(C)Nc2nc(-c3cccnc3)nn2[C@H]1c1cccnc1. The molecular weight excluding hydrogens is 418 g/mol. The van der Waals surface area contributed by atoms with Crippen LogP contribution in [0.1, 0.15) is 18.5 Å². The lowest BCUT2D eigenvalue weighted by Gasteiger charge is -2.28. The van der Waals surface area contributed by atoms with Gasteiger partial charge in [0.1, 0.15) is 11.8 Å². The summed E-state index contributed by atoms with van der Waals surface area (Å²) in [6, 6.07) is 14.2. The van der Waals surface area contributed by atoms with Crippen molar-refractivity contribution in [3.05, 3.63) is 90.2 Å². The van der Waals surface area contributed by atoms with Crippen LogP contribution >= 0.6 is 0 Å². The number of hydrogen-bond donors (Lipinski definition) is 2. The van der Waals surface area contributed by atoms with Crippen LogP contribution in [0.15, 0.2) is 84.6 Å². The Labute approximate surface area is 190 Å². The number of carbonyl (C=O) groups excluding carboxylic acids is 1. The summed E-state index contributed by atoms with van der Waals surface area (Å²) in [5, 5.41) is 10.9. The van der Waals surface area contributed by atoms with E-state index >= 15 is 0 Å². The molecule has 4 heterocycles. The number of amides is 1. The van der Waals surface area contributed by atoms with Crippen molar-refractivity contribution >= 4 is 17.5 Å². The van der Waals surface area contributed by atoms with Gasteiger partial charge in [-0.2, -0.15) is 4.98 Å². The summed E-state index contributed by atoms with van der Waals surface area (Å²) in [7, 11) is 1.57. The Kier molecular flexibility index (Phi) is 5.27. The molecule has 9 nitrogen and oxygen atoms in total. The topological polar surface area (TPSA) is 107 Å². The highest BCUT2D eigenvalue weighted by atomic mass is 16.5. The number of benzene rings is 1. The molecule has 1 aromatic carbocycles. The standard InChI is InChI=1S/C24H21N7O2/c1-15-20(23(32)28-18-9-3-4-10-19(18)33-2)21(16-7-5-11-25-13-16)31-24(27-15)29-22(30-31)17-8-6-12-26-14-17/h3-14,21H,1-2H3,(H,28,32)(H,27,29,30)/t21-/m0/s1. The van der Waals surface area contributed by atoms with Crippen LogP contribution < -0.4 is 15.4 Å². The highest BCUT2D eigenvalue weighted by Crippen LogP contribution is 2.37. The Morgan fingerprint density at radius 2 is 1.85 bits per heavy atom. The van der Waals surface area contributed by atoms with Gasteiger partial charge in [-0.15, -0.1) is 5.10 Å². The molecule has 0 aliphatic carbocycles. The minimum Gasteiger partial charge on any atom is -0.495 e. The Balaban J connectivity index is 1.59. The van der Waals surface area contributed by atoms with Gasteiger partial charge < -0.3 is 15.4 Å². The third kappa shape index (κ3) is 3.80. The fourth-order valence-corrected chi connectivity index (χ4v) is 3.85. The van der Waals surface area contributed by atoms with Gasteiger partial charge in [-0.1, -0.05) is 18.2 Å². The van der Waals surface area contributed by atoms with Crippen LogP contribution in [0.25, 0.3) is 11.4 Å². The van der Waals surface area contributed by atoms with Crippen LogP contribution in [0.2, 0.25) is 0 Å². The first-order chi connectivity index (χ1) is 16.2. The Bertz CT molecular complexity index is 1330. The number of nitrogens with zero attached hydrogens (tertiary/aromatic N) is 5. The summed E-state index contributed by atoms with van der Waals surface area (Å²) in [6.45, 7) is 1.85. The molecule has 3 aromatic heterocycles. The first kappa shape index (κ1) is 20.4. The summed E-state index contributed by atoms with van der Waals surface area (Å²) in [5.74, 6) is 1.35. The van der Waals surface area contributed by atoms with Gasteiger partial charge in [0.2, 0.25) is 5.95 Å². The molecule has 164 valence electrons. The molecule has 5 rings (SSSR count). The van der Waals surface area contributed by atoms with Gasteiger partial charge in [0, 0.05) is 36.0 Å². The summed E-state index contributed by atoms with van der Waals surface area (Å²) < 4.78 is 7.10. The van der Waals surface area contributed by atoms with Gasteiger partial charge in [-0.05, 0) is 42.8 Å². The third-order valence-corrected chi connectivity index (χ3v) is 5.37. The Morgan fingerprint density at radius 1 is 1.06 bits per heavy atom. The molecule has 1 aliphatic heterocycles. The van der Waals surface area contributed by atoms with E-state index in [1.54, 1.807) is 48.7 Å². The predicted molar refractivity (Wildman–Crippen MR) is 124 cm³/mol. The number of methoxy groups -OCH3 is 1. The number of ether oxygens (including phenoxy) is 1. The molecule has 9 heteroatoms. The first-order valence-corrected chi connectivity index (χ1v) is 10.3. The quantitative estimate of drug-likeness (QED) is 0.489. The zero-order chi connectivity index (χ0) is 22.8. The lowest BCUT2D eigenvalue weighted by molar-refractivity contribution is -0.113. The van der Waals surface area contributed by atoms with Crippen molar-refractivity contribution in [2.75, 3.05) is 17.7 Å². The normalized spacial score (nSPS) is 14.9. The van der Waals surface area contributed by atoms with E-state index in [0.717, 1.165) is 11.1 Å². The molecule has 1 atom stereocenters. The van der Waals surface area contributed by atoms with Crippen molar-refractivity contribution in [2.45, 2.75) is 13.0 Å². The average Bonchev–Trinajstić information content (AvgIpc) is 3.28. The van der Waals surface area contributed by atoms with Crippen LogP contribution in [-0.4, -0.2) is 37.7 Å². The molecule has 0 radical (unpaired) electrons. The van der Waals surface area contributed by atoms with E-state index in [4.69, 9.17) is 9.84 Å². The van der Waals surface area contributed by atoms with E-state index in [-0.39, 0.29) is 5.91 Å². The number of allylic oxidation sites excluding steroid dienone is 1. The maximum absolute atomic E-state index is 13.6. The number of rotatable bonds is 5. The number of fused-ring (bicyclic) bond motifs is 1. The highest BCUT2D eigenvalue weighted by Gasteiger charge is 2.34. The fraction of sp³-hybridized carbons (Fsp3) is 0.125. The molecule has 1 aliphatic rings. The van der Waals surface area contributed by atoms with E-state index in [1.165, 1.54) is 0 Å². The number of nitrogens with one attached hydrogen (secondary N) is 2. The molecule has 33 heavy (non-hydrogen) atoms. The predicted octanol–water partition coefficient (Wildman–Crippen LogP) is 3.67. The van der Waals surface area contributed by atoms with E-state index in [0.29, 0.717) is 34.5 Å². The smallest absolute Gasteiger partial charge is 0.255 e. The number of aromatic nitrogens is 5. The number of carbonyl (C=O) groups is 1. The average molecular weight is 439 g/mol. The third-order valence-electron chi connectivity index (χ3n) is 5.37. The second-order valence-electron chi connectivity index (χ2n) is 7.45. The summed E-state index contributed by atoms with van der Waals surface area (Å²) in [6.07, 6.45) is 6.83. The van der Waals surface area contributed by atoms with E-state index < -0.39 is 6.04 Å². The summed E-state index contributed by atoms with van der Waals surface area (Å²) >= 11 is 0. The second kappa shape index (κ2) is 8.54. The highest BCUT2D eigenvalue weighted by molar-refractivity contribution is 6.06. The zero-order valence-electron chi connectivity index (χ0n) is 18.1. The second-order valence-corrected chi connectivity index (χ2v) is 7.45. The fourth-order valence-electron chi connectivity index (χ4n) is 3.85. The minimum absolute atomic E-state index is 0.276. The van der Waals surface area contributed by atoms with Gasteiger partial charge >= 0.3 is 0 Å². The van der Waals surface area contributed by atoms with E-state index in [9.17, 15) is 4.79 Å². The molecule has 0 saturated heterocycles. The van der Waals surface area contributed by atoms with Gasteiger partial charge in [0.05, 0.1) is 18.4 Å². The van der Waals surface area contributed by atoms with Gasteiger partial charge in [-0.25, -0.2) is 4.68 Å². The van der Waals surface area contributed by atoms with Crippen molar-refractivity contribution in [3.8, 4) is 17.1 Å². The number of hydrogen-bond acceptors (Lipinski definition) is 7. The van der Waals surface area contributed by atoms with E-state index in [1.807, 2.05) is 43.3 Å².